The fourth-order valence-corrected chi connectivity index (χ4v) is 2.17. The van der Waals surface area contributed by atoms with Gasteiger partial charge in [0, 0.05) is 38.1 Å². The summed E-state index contributed by atoms with van der Waals surface area (Å²) in [7, 11) is 0. The van der Waals surface area contributed by atoms with Gasteiger partial charge < -0.3 is 14.6 Å². The van der Waals surface area contributed by atoms with Gasteiger partial charge in [-0.2, -0.15) is 0 Å². The van der Waals surface area contributed by atoms with Gasteiger partial charge in [-0.25, -0.2) is 4.98 Å². The quantitative estimate of drug-likeness (QED) is 0.815. The van der Waals surface area contributed by atoms with Crippen LogP contribution in [0.5, 0.6) is 0 Å². The van der Waals surface area contributed by atoms with Crippen molar-refractivity contribution >= 4 is 0 Å². The predicted octanol–water partition coefficient (Wildman–Crippen LogP) is 1.21. The highest BCUT2D eigenvalue weighted by molar-refractivity contribution is 4.88. The number of imidazole rings is 1. The van der Waals surface area contributed by atoms with Gasteiger partial charge in [0.05, 0.1) is 6.61 Å². The number of ether oxygens (including phenoxy) is 1. The second-order valence-corrected chi connectivity index (χ2v) is 4.53. The standard InChI is InChI=1S/C12H21N3O/c1-10(12-3-8-16-9-12)13-4-6-15-7-5-14-11(15)2/h5,7,10,12-13H,3-4,6,8-9H2,1-2H3. The van der Waals surface area contributed by atoms with Gasteiger partial charge in [0.1, 0.15) is 5.82 Å². The van der Waals surface area contributed by atoms with Crippen LogP contribution in [0.15, 0.2) is 12.4 Å². The zero-order valence-electron chi connectivity index (χ0n) is 10.1. The Hall–Kier alpha value is -0.870. The van der Waals surface area contributed by atoms with Crippen LogP contribution in [0, 0.1) is 12.8 Å². The molecule has 2 heterocycles. The molecular weight excluding hydrogens is 202 g/mol. The Morgan fingerprint density at radius 3 is 3.19 bits per heavy atom. The topological polar surface area (TPSA) is 39.1 Å². The zero-order chi connectivity index (χ0) is 11.4. The Balaban J connectivity index is 1.69. The zero-order valence-corrected chi connectivity index (χ0v) is 10.1. The lowest BCUT2D eigenvalue weighted by Crippen LogP contribution is -2.35. The van der Waals surface area contributed by atoms with E-state index in [1.54, 1.807) is 0 Å². The second-order valence-electron chi connectivity index (χ2n) is 4.53. The van der Waals surface area contributed by atoms with Gasteiger partial charge in [0.2, 0.25) is 0 Å². The fraction of sp³-hybridized carbons (Fsp3) is 0.750. The molecule has 2 unspecified atom stereocenters. The van der Waals surface area contributed by atoms with E-state index in [1.165, 1.54) is 6.42 Å². The van der Waals surface area contributed by atoms with Gasteiger partial charge >= 0.3 is 0 Å². The molecule has 0 aromatic carbocycles. The maximum atomic E-state index is 5.39. The number of aryl methyl sites for hydroxylation is 1. The fourth-order valence-electron chi connectivity index (χ4n) is 2.17. The van der Waals surface area contributed by atoms with Gasteiger partial charge in [-0.15, -0.1) is 0 Å². The van der Waals surface area contributed by atoms with Crippen LogP contribution in [0.3, 0.4) is 0 Å². The maximum absolute atomic E-state index is 5.39. The van der Waals surface area contributed by atoms with Crippen LogP contribution in [0.4, 0.5) is 0 Å². The number of hydrogen-bond acceptors (Lipinski definition) is 3. The van der Waals surface area contributed by atoms with E-state index in [0.717, 1.165) is 32.1 Å². The van der Waals surface area contributed by atoms with Crippen LogP contribution in [0.2, 0.25) is 0 Å². The van der Waals surface area contributed by atoms with Gasteiger partial charge in [-0.3, -0.25) is 0 Å². The van der Waals surface area contributed by atoms with Crippen LogP contribution in [0.25, 0.3) is 0 Å². The van der Waals surface area contributed by atoms with Gasteiger partial charge in [0.25, 0.3) is 0 Å². The van der Waals surface area contributed by atoms with Crippen molar-refractivity contribution in [1.29, 1.82) is 0 Å². The van der Waals surface area contributed by atoms with Crippen molar-refractivity contribution < 1.29 is 4.74 Å². The Labute approximate surface area is 97.0 Å². The molecule has 2 rings (SSSR count). The average molecular weight is 223 g/mol. The molecule has 4 nitrogen and oxygen atoms in total. The van der Waals surface area contributed by atoms with Crippen LogP contribution >= 0.6 is 0 Å². The van der Waals surface area contributed by atoms with E-state index >= 15 is 0 Å². The van der Waals surface area contributed by atoms with Crippen LogP contribution in [-0.2, 0) is 11.3 Å². The summed E-state index contributed by atoms with van der Waals surface area (Å²) in [5.41, 5.74) is 0. The lowest BCUT2D eigenvalue weighted by atomic mass is 10.0. The molecule has 1 N–H and O–H groups in total. The Kier molecular flexibility index (Phi) is 3.96. The molecule has 0 bridgehead atoms. The molecule has 0 amide bonds. The summed E-state index contributed by atoms with van der Waals surface area (Å²) >= 11 is 0. The lowest BCUT2D eigenvalue weighted by molar-refractivity contribution is 0.178. The minimum atomic E-state index is 0.548. The van der Waals surface area contributed by atoms with E-state index in [-0.39, 0.29) is 0 Å². The van der Waals surface area contributed by atoms with Crippen molar-refractivity contribution in [2.45, 2.75) is 32.9 Å². The maximum Gasteiger partial charge on any atom is 0.105 e. The number of aromatic nitrogens is 2. The van der Waals surface area contributed by atoms with E-state index in [4.69, 9.17) is 4.74 Å². The van der Waals surface area contributed by atoms with Crippen LogP contribution in [0.1, 0.15) is 19.2 Å². The van der Waals surface area contributed by atoms with E-state index in [0.29, 0.717) is 12.0 Å². The summed E-state index contributed by atoms with van der Waals surface area (Å²) in [5.74, 6) is 1.77. The normalized spacial score (nSPS) is 22.5. The molecule has 0 aliphatic carbocycles. The summed E-state index contributed by atoms with van der Waals surface area (Å²) in [6.45, 7) is 8.11. The van der Waals surface area contributed by atoms with Crippen molar-refractivity contribution in [2.24, 2.45) is 5.92 Å². The van der Waals surface area contributed by atoms with Gasteiger partial charge in [0.15, 0.2) is 0 Å². The number of hydrogen-bond donors (Lipinski definition) is 1. The molecule has 1 aromatic rings. The first-order valence-electron chi connectivity index (χ1n) is 6.06. The molecule has 1 fully saturated rings. The molecule has 0 spiro atoms. The average Bonchev–Trinajstić information content (AvgIpc) is 2.90. The summed E-state index contributed by atoms with van der Waals surface area (Å²) in [5, 5.41) is 3.56. The van der Waals surface area contributed by atoms with Crippen molar-refractivity contribution in [2.75, 3.05) is 19.8 Å². The SMILES string of the molecule is Cc1nccn1CCNC(C)C1CCOC1. The first-order chi connectivity index (χ1) is 7.77. The predicted molar refractivity (Wildman–Crippen MR) is 63.4 cm³/mol. The van der Waals surface area contributed by atoms with Gasteiger partial charge in [-0.1, -0.05) is 0 Å². The lowest BCUT2D eigenvalue weighted by Gasteiger charge is -2.19. The Bertz CT molecular complexity index is 318. The van der Waals surface area contributed by atoms with Gasteiger partial charge in [-0.05, 0) is 26.2 Å². The Morgan fingerprint density at radius 2 is 2.56 bits per heavy atom. The van der Waals surface area contributed by atoms with Crippen molar-refractivity contribution in [3.05, 3.63) is 18.2 Å². The second kappa shape index (κ2) is 5.46. The molecule has 90 valence electrons. The Morgan fingerprint density at radius 1 is 1.69 bits per heavy atom. The largest absolute Gasteiger partial charge is 0.381 e. The summed E-state index contributed by atoms with van der Waals surface area (Å²) in [6.07, 6.45) is 5.07. The number of rotatable bonds is 5. The summed E-state index contributed by atoms with van der Waals surface area (Å²) in [4.78, 5) is 4.21. The van der Waals surface area contributed by atoms with E-state index in [9.17, 15) is 0 Å². The van der Waals surface area contributed by atoms with E-state index in [1.807, 2.05) is 19.3 Å². The molecule has 16 heavy (non-hydrogen) atoms. The monoisotopic (exact) mass is 223 g/mol. The first kappa shape index (κ1) is 11.6. The molecule has 0 saturated carbocycles. The highest BCUT2D eigenvalue weighted by Gasteiger charge is 2.21. The molecule has 4 heteroatoms. The van der Waals surface area contributed by atoms with Crippen molar-refractivity contribution in [3.63, 3.8) is 0 Å². The molecule has 1 aliphatic heterocycles. The van der Waals surface area contributed by atoms with E-state index < -0.39 is 0 Å². The third kappa shape index (κ3) is 2.83. The third-order valence-corrected chi connectivity index (χ3v) is 3.41. The van der Waals surface area contributed by atoms with Crippen molar-refractivity contribution in [3.8, 4) is 0 Å². The minimum absolute atomic E-state index is 0.548. The highest BCUT2D eigenvalue weighted by Crippen LogP contribution is 2.16. The van der Waals surface area contributed by atoms with E-state index in [2.05, 4.69) is 21.8 Å². The number of nitrogens with zero attached hydrogens (tertiary/aromatic N) is 2. The summed E-state index contributed by atoms with van der Waals surface area (Å²) in [6, 6.07) is 0.548. The number of nitrogens with one attached hydrogen (secondary N) is 1. The molecule has 1 saturated heterocycles. The summed E-state index contributed by atoms with van der Waals surface area (Å²) < 4.78 is 7.57. The van der Waals surface area contributed by atoms with Crippen LogP contribution < -0.4 is 5.32 Å². The minimum Gasteiger partial charge on any atom is -0.381 e. The third-order valence-electron chi connectivity index (χ3n) is 3.41. The molecule has 2 atom stereocenters. The molecular formula is C12H21N3O. The highest BCUT2D eigenvalue weighted by atomic mass is 16.5. The van der Waals surface area contributed by atoms with Crippen molar-refractivity contribution in [1.82, 2.24) is 14.9 Å². The molecule has 1 aliphatic rings. The first-order valence-corrected chi connectivity index (χ1v) is 6.06. The molecule has 1 aromatic heterocycles. The smallest absolute Gasteiger partial charge is 0.105 e. The van der Waals surface area contributed by atoms with Crippen LogP contribution in [-0.4, -0.2) is 35.4 Å². The molecule has 0 radical (unpaired) electrons.